The summed E-state index contributed by atoms with van der Waals surface area (Å²) in [6, 6.07) is -0.718. The minimum Gasteiger partial charge on any atom is -0.459 e. The lowest BCUT2D eigenvalue weighted by atomic mass is 10.1. The highest BCUT2D eigenvalue weighted by molar-refractivity contribution is 6.29. The maximum atomic E-state index is 11.2. The van der Waals surface area contributed by atoms with Crippen molar-refractivity contribution in [3.05, 3.63) is 11.6 Å². The molecule has 0 aromatic rings. The van der Waals surface area contributed by atoms with Gasteiger partial charge in [0.1, 0.15) is 11.6 Å². The van der Waals surface area contributed by atoms with Gasteiger partial charge in [0, 0.05) is 11.5 Å². The van der Waals surface area contributed by atoms with Crippen molar-refractivity contribution in [1.82, 2.24) is 0 Å². The lowest BCUT2D eigenvalue weighted by Gasteiger charge is -2.21. The fraction of sp³-hybridized carbons (Fsp3) is 0.667. The predicted molar refractivity (Wildman–Crippen MR) is 53.4 cm³/mol. The van der Waals surface area contributed by atoms with E-state index in [4.69, 9.17) is 22.1 Å². The Morgan fingerprint density at radius 3 is 2.38 bits per heavy atom. The van der Waals surface area contributed by atoms with Gasteiger partial charge in [-0.1, -0.05) is 18.2 Å². The van der Waals surface area contributed by atoms with Crippen molar-refractivity contribution in [3.8, 4) is 0 Å². The molecular weight excluding hydrogens is 190 g/mol. The highest BCUT2D eigenvalue weighted by Crippen LogP contribution is 2.12. The number of carbonyl (C=O) groups excluding carboxylic acids is 1. The SMILES string of the molecule is C=C(Cl)CC(N)C(=O)OC(C)(C)C. The second kappa shape index (κ2) is 4.63. The van der Waals surface area contributed by atoms with Gasteiger partial charge in [0.25, 0.3) is 0 Å². The molecule has 4 heteroatoms. The van der Waals surface area contributed by atoms with Crippen LogP contribution in [0, 0.1) is 0 Å². The van der Waals surface area contributed by atoms with Crippen molar-refractivity contribution in [1.29, 1.82) is 0 Å². The fourth-order valence-electron chi connectivity index (χ4n) is 0.699. The Hall–Kier alpha value is -0.540. The van der Waals surface area contributed by atoms with E-state index in [9.17, 15) is 4.79 Å². The van der Waals surface area contributed by atoms with Gasteiger partial charge < -0.3 is 10.5 Å². The van der Waals surface area contributed by atoms with E-state index < -0.39 is 17.6 Å². The fourth-order valence-corrected chi connectivity index (χ4v) is 0.866. The first-order valence-electron chi connectivity index (χ1n) is 4.04. The maximum Gasteiger partial charge on any atom is 0.323 e. The smallest absolute Gasteiger partial charge is 0.323 e. The van der Waals surface area contributed by atoms with Crippen LogP contribution in [0.3, 0.4) is 0 Å². The quantitative estimate of drug-likeness (QED) is 0.715. The number of rotatable bonds is 3. The van der Waals surface area contributed by atoms with Crippen LogP contribution in [-0.4, -0.2) is 17.6 Å². The molecule has 0 aliphatic rings. The van der Waals surface area contributed by atoms with Gasteiger partial charge in [-0.05, 0) is 20.8 Å². The van der Waals surface area contributed by atoms with Gasteiger partial charge in [-0.3, -0.25) is 4.79 Å². The van der Waals surface area contributed by atoms with Crippen molar-refractivity contribution >= 4 is 17.6 Å². The summed E-state index contributed by atoms with van der Waals surface area (Å²) in [5, 5.41) is 0.360. The van der Waals surface area contributed by atoms with Crippen molar-refractivity contribution < 1.29 is 9.53 Å². The molecule has 0 aromatic heterocycles. The average Bonchev–Trinajstić information content (AvgIpc) is 1.81. The summed E-state index contributed by atoms with van der Waals surface area (Å²) in [6.07, 6.45) is 0.246. The summed E-state index contributed by atoms with van der Waals surface area (Å²) in [5.41, 5.74) is 4.99. The summed E-state index contributed by atoms with van der Waals surface area (Å²) < 4.78 is 5.04. The number of carbonyl (C=O) groups is 1. The van der Waals surface area contributed by atoms with Gasteiger partial charge in [0.05, 0.1) is 0 Å². The molecule has 0 rings (SSSR count). The topological polar surface area (TPSA) is 52.3 Å². The highest BCUT2D eigenvalue weighted by Gasteiger charge is 2.22. The predicted octanol–water partition coefficient (Wildman–Crippen LogP) is 1.80. The van der Waals surface area contributed by atoms with Crippen LogP contribution in [0.5, 0.6) is 0 Å². The molecule has 0 saturated heterocycles. The van der Waals surface area contributed by atoms with Gasteiger partial charge in [-0.25, -0.2) is 0 Å². The monoisotopic (exact) mass is 205 g/mol. The van der Waals surface area contributed by atoms with E-state index in [2.05, 4.69) is 6.58 Å². The number of halogens is 1. The van der Waals surface area contributed by atoms with E-state index in [0.29, 0.717) is 5.03 Å². The van der Waals surface area contributed by atoms with Gasteiger partial charge in [0.15, 0.2) is 0 Å². The Morgan fingerprint density at radius 2 is 2.08 bits per heavy atom. The van der Waals surface area contributed by atoms with Crippen molar-refractivity contribution in [3.63, 3.8) is 0 Å². The zero-order valence-corrected chi connectivity index (χ0v) is 9.02. The Morgan fingerprint density at radius 1 is 1.62 bits per heavy atom. The minimum absolute atomic E-state index is 0.246. The van der Waals surface area contributed by atoms with Crippen LogP contribution in [-0.2, 0) is 9.53 Å². The standard InChI is InChI=1S/C9H16ClNO2/c1-6(10)5-7(11)8(12)13-9(2,3)4/h7H,1,5,11H2,2-4H3. The zero-order chi connectivity index (χ0) is 10.6. The van der Waals surface area contributed by atoms with E-state index in [0.717, 1.165) is 0 Å². The molecule has 0 spiro atoms. The molecule has 0 saturated carbocycles. The first kappa shape index (κ1) is 12.5. The van der Waals surface area contributed by atoms with Crippen molar-refractivity contribution in [2.45, 2.75) is 38.8 Å². The molecule has 0 amide bonds. The van der Waals surface area contributed by atoms with E-state index >= 15 is 0 Å². The molecule has 13 heavy (non-hydrogen) atoms. The first-order chi connectivity index (χ1) is 5.72. The third-order valence-electron chi connectivity index (χ3n) is 1.15. The second-order valence-electron chi connectivity index (χ2n) is 3.86. The van der Waals surface area contributed by atoms with Gasteiger partial charge >= 0.3 is 5.97 Å². The third kappa shape index (κ3) is 6.61. The molecule has 1 unspecified atom stereocenters. The molecule has 2 N–H and O–H groups in total. The Bertz CT molecular complexity index is 208. The normalized spacial score (nSPS) is 13.6. The Balaban J connectivity index is 4.05. The van der Waals surface area contributed by atoms with Gasteiger partial charge in [-0.2, -0.15) is 0 Å². The van der Waals surface area contributed by atoms with Crippen LogP contribution in [0.25, 0.3) is 0 Å². The summed E-state index contributed by atoms with van der Waals surface area (Å²) in [5.74, 6) is -0.450. The Kier molecular flexibility index (Phi) is 4.44. The second-order valence-corrected chi connectivity index (χ2v) is 4.40. The van der Waals surface area contributed by atoms with Crippen molar-refractivity contribution in [2.75, 3.05) is 0 Å². The first-order valence-corrected chi connectivity index (χ1v) is 4.42. The largest absolute Gasteiger partial charge is 0.459 e. The molecule has 3 nitrogen and oxygen atoms in total. The average molecular weight is 206 g/mol. The number of nitrogens with two attached hydrogens (primary N) is 1. The number of hydrogen-bond acceptors (Lipinski definition) is 3. The number of ether oxygens (including phenoxy) is 1. The van der Waals surface area contributed by atoms with E-state index in [1.807, 2.05) is 0 Å². The van der Waals surface area contributed by atoms with E-state index in [1.54, 1.807) is 20.8 Å². The number of hydrogen-bond donors (Lipinski definition) is 1. The van der Waals surface area contributed by atoms with E-state index in [1.165, 1.54) is 0 Å². The van der Waals surface area contributed by atoms with Gasteiger partial charge in [-0.15, -0.1) is 0 Å². The minimum atomic E-state index is -0.718. The van der Waals surface area contributed by atoms with Crippen molar-refractivity contribution in [2.24, 2.45) is 5.73 Å². The highest BCUT2D eigenvalue weighted by atomic mass is 35.5. The molecule has 0 aliphatic carbocycles. The number of esters is 1. The lowest BCUT2D eigenvalue weighted by Crippen LogP contribution is -2.37. The molecule has 0 bridgehead atoms. The summed E-state index contributed by atoms with van der Waals surface area (Å²) >= 11 is 5.51. The van der Waals surface area contributed by atoms with E-state index in [-0.39, 0.29) is 6.42 Å². The maximum absolute atomic E-state index is 11.2. The van der Waals surface area contributed by atoms with Crippen LogP contribution < -0.4 is 5.73 Å². The summed E-state index contributed by atoms with van der Waals surface area (Å²) in [6.45, 7) is 8.81. The molecule has 1 atom stereocenters. The molecule has 0 fully saturated rings. The van der Waals surface area contributed by atoms with Crippen LogP contribution >= 0.6 is 11.6 Å². The molecular formula is C9H16ClNO2. The van der Waals surface area contributed by atoms with Crippen LogP contribution in [0.4, 0.5) is 0 Å². The molecule has 0 aliphatic heterocycles. The third-order valence-corrected chi connectivity index (χ3v) is 1.31. The summed E-state index contributed by atoms with van der Waals surface area (Å²) in [7, 11) is 0. The van der Waals surface area contributed by atoms with Crippen LogP contribution in [0.1, 0.15) is 27.2 Å². The lowest BCUT2D eigenvalue weighted by molar-refractivity contribution is -0.156. The molecule has 0 heterocycles. The molecule has 0 radical (unpaired) electrons. The molecule has 76 valence electrons. The van der Waals surface area contributed by atoms with Crippen LogP contribution in [0.2, 0.25) is 0 Å². The Labute approximate surface area is 83.9 Å². The zero-order valence-electron chi connectivity index (χ0n) is 8.26. The van der Waals surface area contributed by atoms with Crippen LogP contribution in [0.15, 0.2) is 11.6 Å². The van der Waals surface area contributed by atoms with Gasteiger partial charge in [0.2, 0.25) is 0 Å². The molecule has 0 aromatic carbocycles. The summed E-state index contributed by atoms with van der Waals surface area (Å²) in [4.78, 5) is 11.2.